The molecule has 0 aromatic heterocycles. The number of hydrogen-bond acceptors (Lipinski definition) is 3. The minimum absolute atomic E-state index is 0.219. The summed E-state index contributed by atoms with van der Waals surface area (Å²) in [5, 5.41) is 13.5. The maximum Gasteiger partial charge on any atom is 0.264 e. The summed E-state index contributed by atoms with van der Waals surface area (Å²) >= 11 is 0. The van der Waals surface area contributed by atoms with Gasteiger partial charge in [0.1, 0.15) is 0 Å². The van der Waals surface area contributed by atoms with Gasteiger partial charge in [-0.15, -0.1) is 0 Å². The number of amides is 2. The van der Waals surface area contributed by atoms with Gasteiger partial charge >= 0.3 is 0 Å². The van der Waals surface area contributed by atoms with Crippen molar-refractivity contribution in [1.82, 2.24) is 10.2 Å². The number of nitrogens with zero attached hydrogens (tertiary/aromatic N) is 1. The highest BCUT2D eigenvalue weighted by Crippen LogP contribution is 2.31. The molecule has 3 rings (SSSR count). The van der Waals surface area contributed by atoms with E-state index in [1.807, 2.05) is 0 Å². The summed E-state index contributed by atoms with van der Waals surface area (Å²) in [4.78, 5) is 26.8. The molecule has 1 heterocycles. The van der Waals surface area contributed by atoms with Gasteiger partial charge in [-0.05, 0) is 31.6 Å². The van der Waals surface area contributed by atoms with E-state index in [0.717, 1.165) is 38.5 Å². The van der Waals surface area contributed by atoms with Crippen molar-refractivity contribution in [2.24, 2.45) is 5.92 Å². The smallest absolute Gasteiger partial charge is 0.264 e. The average molecular weight is 322 g/mol. The Morgan fingerprint density at radius 3 is 2.35 bits per heavy atom. The molecule has 130 valence electrons. The van der Waals surface area contributed by atoms with E-state index in [1.54, 1.807) is 4.90 Å². The molecule has 5 nitrogen and oxygen atoms in total. The van der Waals surface area contributed by atoms with E-state index in [-0.39, 0.29) is 18.4 Å². The molecule has 3 aliphatic rings. The lowest BCUT2D eigenvalue weighted by Gasteiger charge is -2.32. The first-order chi connectivity index (χ1) is 11.1. The lowest BCUT2D eigenvalue weighted by atomic mass is 9.89. The summed E-state index contributed by atoms with van der Waals surface area (Å²) < 4.78 is 0. The second kappa shape index (κ2) is 7.20. The van der Waals surface area contributed by atoms with E-state index in [4.69, 9.17) is 0 Å². The summed E-state index contributed by atoms with van der Waals surface area (Å²) in [6, 6.07) is 0.219. The second-order valence-electron chi connectivity index (χ2n) is 7.61. The highest BCUT2D eigenvalue weighted by Gasteiger charge is 2.52. The number of nitrogens with one attached hydrogen (secondary N) is 1. The van der Waals surface area contributed by atoms with Crippen molar-refractivity contribution in [3.63, 3.8) is 0 Å². The van der Waals surface area contributed by atoms with Crippen molar-refractivity contribution in [1.29, 1.82) is 0 Å². The zero-order chi connectivity index (χ0) is 16.3. The highest BCUT2D eigenvalue weighted by molar-refractivity contribution is 6.09. The number of rotatable bonds is 4. The third kappa shape index (κ3) is 3.54. The molecule has 2 saturated carbocycles. The zero-order valence-electron chi connectivity index (χ0n) is 14.1. The van der Waals surface area contributed by atoms with Gasteiger partial charge in [0.25, 0.3) is 11.8 Å². The lowest BCUT2D eigenvalue weighted by molar-refractivity contribution is -0.155. The Morgan fingerprint density at radius 1 is 1.09 bits per heavy atom. The molecule has 0 spiro atoms. The van der Waals surface area contributed by atoms with E-state index in [0.29, 0.717) is 19.0 Å². The molecular weight excluding hydrogens is 292 g/mol. The number of likely N-dealkylation sites (tertiary alicyclic amines) is 1. The van der Waals surface area contributed by atoms with Gasteiger partial charge in [-0.25, -0.2) is 0 Å². The molecule has 1 atom stereocenters. The first kappa shape index (κ1) is 16.7. The predicted octanol–water partition coefficient (Wildman–Crippen LogP) is 1.98. The van der Waals surface area contributed by atoms with Crippen molar-refractivity contribution >= 4 is 11.8 Å². The highest BCUT2D eigenvalue weighted by atomic mass is 16.3. The number of carbonyl (C=O) groups excluding carboxylic acids is 2. The quantitative estimate of drug-likeness (QED) is 0.778. The van der Waals surface area contributed by atoms with E-state index in [2.05, 4.69) is 5.32 Å². The lowest BCUT2D eigenvalue weighted by Crippen LogP contribution is -2.54. The molecule has 2 amide bonds. The van der Waals surface area contributed by atoms with Crippen LogP contribution >= 0.6 is 0 Å². The van der Waals surface area contributed by atoms with Crippen LogP contribution < -0.4 is 5.32 Å². The number of hydrogen-bond donors (Lipinski definition) is 2. The fraction of sp³-hybridized carbons (Fsp3) is 0.889. The van der Waals surface area contributed by atoms with Gasteiger partial charge < -0.3 is 15.3 Å². The third-order valence-electron chi connectivity index (χ3n) is 6.00. The molecule has 0 aromatic rings. The monoisotopic (exact) mass is 322 g/mol. The maximum absolute atomic E-state index is 12.6. The van der Waals surface area contributed by atoms with E-state index >= 15 is 0 Å². The van der Waals surface area contributed by atoms with Crippen LogP contribution in [-0.2, 0) is 9.59 Å². The molecule has 1 unspecified atom stereocenters. The molecule has 2 aliphatic carbocycles. The second-order valence-corrected chi connectivity index (χ2v) is 7.61. The molecule has 0 bridgehead atoms. The van der Waals surface area contributed by atoms with Crippen molar-refractivity contribution < 1.29 is 14.7 Å². The van der Waals surface area contributed by atoms with Crippen molar-refractivity contribution in [2.75, 3.05) is 13.1 Å². The Balaban J connectivity index is 1.55. The predicted molar refractivity (Wildman–Crippen MR) is 87.7 cm³/mol. The first-order valence-electron chi connectivity index (χ1n) is 9.43. The van der Waals surface area contributed by atoms with Crippen molar-refractivity contribution in [2.45, 2.75) is 82.3 Å². The standard InChI is InChI=1S/C18H30N2O3/c21-16(19-13-14-7-3-1-4-8-14)18(23)11-12-20(17(18)22)15-9-5-2-6-10-15/h14-15,23H,1-13H2,(H,19,21). The molecule has 5 heteroatoms. The van der Waals surface area contributed by atoms with Crippen LogP contribution in [0, 0.1) is 5.92 Å². The Morgan fingerprint density at radius 2 is 1.70 bits per heavy atom. The number of aliphatic hydroxyl groups is 1. The van der Waals surface area contributed by atoms with Crippen LogP contribution in [0.3, 0.4) is 0 Å². The first-order valence-corrected chi connectivity index (χ1v) is 9.43. The molecule has 23 heavy (non-hydrogen) atoms. The largest absolute Gasteiger partial charge is 0.372 e. The van der Waals surface area contributed by atoms with Gasteiger partial charge in [0.05, 0.1) is 0 Å². The maximum atomic E-state index is 12.6. The summed E-state index contributed by atoms with van der Waals surface area (Å²) in [7, 11) is 0. The van der Waals surface area contributed by atoms with Gasteiger partial charge in [0, 0.05) is 25.6 Å². The van der Waals surface area contributed by atoms with Crippen LogP contribution in [0.15, 0.2) is 0 Å². The van der Waals surface area contributed by atoms with Crippen LogP contribution in [0.1, 0.15) is 70.6 Å². The van der Waals surface area contributed by atoms with Crippen molar-refractivity contribution in [3.8, 4) is 0 Å². The molecule has 0 radical (unpaired) electrons. The summed E-state index contributed by atoms with van der Waals surface area (Å²) in [6.45, 7) is 1.11. The van der Waals surface area contributed by atoms with E-state index in [1.165, 1.54) is 25.7 Å². The Labute approximate surface area is 138 Å². The minimum atomic E-state index is -1.83. The van der Waals surface area contributed by atoms with E-state index in [9.17, 15) is 14.7 Å². The van der Waals surface area contributed by atoms with Crippen molar-refractivity contribution in [3.05, 3.63) is 0 Å². The van der Waals surface area contributed by atoms with Crippen LogP contribution in [0.5, 0.6) is 0 Å². The molecule has 0 aromatic carbocycles. The third-order valence-corrected chi connectivity index (χ3v) is 6.00. The Bertz CT molecular complexity index is 442. The van der Waals surface area contributed by atoms with Gasteiger partial charge in [0.2, 0.25) is 5.60 Å². The normalized spacial score (nSPS) is 30.7. The van der Waals surface area contributed by atoms with Gasteiger partial charge in [-0.1, -0.05) is 38.5 Å². The van der Waals surface area contributed by atoms with E-state index < -0.39 is 11.5 Å². The SMILES string of the molecule is O=C(NCC1CCCCC1)C1(O)CCN(C2CCCCC2)C1=O. The molecule has 3 fully saturated rings. The summed E-state index contributed by atoms with van der Waals surface area (Å²) in [5.74, 6) is -0.348. The topological polar surface area (TPSA) is 69.6 Å². The molecule has 2 N–H and O–H groups in total. The van der Waals surface area contributed by atoms with Gasteiger partial charge in [-0.3, -0.25) is 9.59 Å². The van der Waals surface area contributed by atoms with Crippen LogP contribution in [0.25, 0.3) is 0 Å². The molecule has 1 saturated heterocycles. The average Bonchev–Trinajstić information content (AvgIpc) is 2.91. The minimum Gasteiger partial charge on any atom is -0.372 e. The van der Waals surface area contributed by atoms with Gasteiger partial charge in [-0.2, -0.15) is 0 Å². The number of carbonyl (C=O) groups is 2. The summed E-state index contributed by atoms with van der Waals surface area (Å²) in [6.07, 6.45) is 11.8. The molecular formula is C18H30N2O3. The van der Waals surface area contributed by atoms with Gasteiger partial charge in [0.15, 0.2) is 0 Å². The Hall–Kier alpha value is -1.10. The molecule has 1 aliphatic heterocycles. The fourth-order valence-electron chi connectivity index (χ4n) is 4.45. The van der Waals surface area contributed by atoms with Crippen LogP contribution in [0.4, 0.5) is 0 Å². The zero-order valence-corrected chi connectivity index (χ0v) is 14.1. The summed E-state index contributed by atoms with van der Waals surface area (Å²) in [5.41, 5.74) is -1.83. The fourth-order valence-corrected chi connectivity index (χ4v) is 4.45. The van der Waals surface area contributed by atoms with Crippen LogP contribution in [0.2, 0.25) is 0 Å². The Kier molecular flexibility index (Phi) is 5.24. The van der Waals surface area contributed by atoms with Crippen LogP contribution in [-0.4, -0.2) is 46.6 Å².